The molecule has 18 heavy (non-hydrogen) atoms. The lowest BCUT2D eigenvalue weighted by Crippen LogP contribution is -1.97. The zero-order valence-electron chi connectivity index (χ0n) is 10.7. The van der Waals surface area contributed by atoms with Gasteiger partial charge in [0, 0.05) is 29.3 Å². The van der Waals surface area contributed by atoms with Crippen LogP contribution in [0.25, 0.3) is 16.8 Å². The zero-order valence-corrected chi connectivity index (χ0v) is 10.7. The van der Waals surface area contributed by atoms with Crippen LogP contribution in [0.1, 0.15) is 17.1 Å². The molecule has 90 valence electrons. The van der Waals surface area contributed by atoms with Gasteiger partial charge in [-0.2, -0.15) is 5.10 Å². The van der Waals surface area contributed by atoms with Crippen LogP contribution in [0.15, 0.2) is 30.6 Å². The zero-order chi connectivity index (χ0) is 12.7. The largest absolute Gasteiger partial charge is 0.265 e. The number of fused-ring (bicyclic) bond motifs is 1. The maximum Gasteiger partial charge on any atom is 0.163 e. The van der Waals surface area contributed by atoms with Crippen LogP contribution < -0.4 is 0 Å². The molecule has 4 nitrogen and oxygen atoms in total. The van der Waals surface area contributed by atoms with Crippen molar-refractivity contribution < 1.29 is 0 Å². The van der Waals surface area contributed by atoms with Gasteiger partial charge in [-0.05, 0) is 44.5 Å². The number of aromatic nitrogens is 4. The predicted molar refractivity (Wildman–Crippen MR) is 70.4 cm³/mol. The average Bonchev–Trinajstić information content (AvgIpc) is 2.67. The fourth-order valence-corrected chi connectivity index (χ4v) is 2.28. The first-order valence-corrected chi connectivity index (χ1v) is 5.91. The third kappa shape index (κ3) is 1.57. The lowest BCUT2D eigenvalue weighted by atomic mass is 10.1. The van der Waals surface area contributed by atoms with Crippen LogP contribution in [0.4, 0.5) is 0 Å². The Morgan fingerprint density at radius 3 is 2.50 bits per heavy atom. The van der Waals surface area contributed by atoms with Gasteiger partial charge < -0.3 is 0 Å². The van der Waals surface area contributed by atoms with Crippen LogP contribution in [0.5, 0.6) is 0 Å². The summed E-state index contributed by atoms with van der Waals surface area (Å²) in [6.07, 6.45) is 3.59. The monoisotopic (exact) mass is 238 g/mol. The summed E-state index contributed by atoms with van der Waals surface area (Å²) < 4.78 is 1.90. The molecule has 3 heterocycles. The van der Waals surface area contributed by atoms with Gasteiger partial charge in [0.25, 0.3) is 0 Å². The van der Waals surface area contributed by atoms with E-state index >= 15 is 0 Å². The average molecular weight is 238 g/mol. The Labute approximate surface area is 105 Å². The highest BCUT2D eigenvalue weighted by Crippen LogP contribution is 2.27. The van der Waals surface area contributed by atoms with Gasteiger partial charge in [0.1, 0.15) is 0 Å². The lowest BCUT2D eigenvalue weighted by molar-refractivity contribution is 0.870. The summed E-state index contributed by atoms with van der Waals surface area (Å²) in [5, 5.41) is 4.56. The van der Waals surface area contributed by atoms with Crippen molar-refractivity contribution in [3.8, 4) is 11.1 Å². The molecule has 3 aromatic heterocycles. The second kappa shape index (κ2) is 3.91. The van der Waals surface area contributed by atoms with E-state index in [2.05, 4.69) is 15.1 Å². The first kappa shape index (κ1) is 10.9. The van der Waals surface area contributed by atoms with Crippen molar-refractivity contribution in [2.24, 2.45) is 0 Å². The highest BCUT2D eigenvalue weighted by atomic mass is 15.3. The maximum atomic E-state index is 4.61. The molecule has 0 N–H and O–H groups in total. The Morgan fingerprint density at radius 2 is 1.78 bits per heavy atom. The maximum absolute atomic E-state index is 4.61. The molecule has 0 bridgehead atoms. The van der Waals surface area contributed by atoms with E-state index in [1.165, 1.54) is 0 Å². The van der Waals surface area contributed by atoms with E-state index in [4.69, 9.17) is 0 Å². The molecular weight excluding hydrogens is 224 g/mol. The summed E-state index contributed by atoms with van der Waals surface area (Å²) in [7, 11) is 0. The van der Waals surface area contributed by atoms with Crippen LogP contribution in [0.2, 0.25) is 0 Å². The molecule has 0 saturated heterocycles. The highest BCUT2D eigenvalue weighted by molar-refractivity contribution is 5.79. The SMILES string of the molecule is Cc1cc(C)n2nc(C)c(-c3ccncc3)c2n1. The Hall–Kier alpha value is -2.23. The van der Waals surface area contributed by atoms with Crippen molar-refractivity contribution in [1.29, 1.82) is 0 Å². The Balaban J connectivity index is 2.39. The number of rotatable bonds is 1. The Kier molecular flexibility index (Phi) is 2.37. The molecule has 3 rings (SSSR count). The van der Waals surface area contributed by atoms with Gasteiger partial charge in [0.2, 0.25) is 0 Å². The molecular formula is C14H14N4. The van der Waals surface area contributed by atoms with Crippen molar-refractivity contribution in [2.75, 3.05) is 0 Å². The molecule has 0 spiro atoms. The van der Waals surface area contributed by atoms with Gasteiger partial charge in [-0.15, -0.1) is 0 Å². The topological polar surface area (TPSA) is 43.1 Å². The van der Waals surface area contributed by atoms with Gasteiger partial charge in [0.05, 0.1) is 5.69 Å². The van der Waals surface area contributed by atoms with E-state index in [0.29, 0.717) is 0 Å². The van der Waals surface area contributed by atoms with E-state index in [9.17, 15) is 0 Å². The van der Waals surface area contributed by atoms with Gasteiger partial charge in [-0.3, -0.25) is 4.98 Å². The molecule has 0 fully saturated rings. The Morgan fingerprint density at radius 1 is 1.06 bits per heavy atom. The third-order valence-electron chi connectivity index (χ3n) is 3.04. The molecule has 0 unspecified atom stereocenters. The van der Waals surface area contributed by atoms with Crippen molar-refractivity contribution in [3.05, 3.63) is 47.7 Å². The quantitative estimate of drug-likeness (QED) is 0.654. The number of nitrogens with zero attached hydrogens (tertiary/aromatic N) is 4. The first-order chi connectivity index (χ1) is 8.66. The molecule has 0 amide bonds. The first-order valence-electron chi connectivity index (χ1n) is 5.91. The normalized spacial score (nSPS) is 11.1. The van der Waals surface area contributed by atoms with Gasteiger partial charge in [-0.1, -0.05) is 0 Å². The standard InChI is InChI=1S/C14H14N4/c1-9-8-10(2)18-14(16-9)13(11(3)17-18)12-4-6-15-7-5-12/h4-8H,1-3H3. The number of hydrogen-bond acceptors (Lipinski definition) is 3. The molecule has 0 saturated carbocycles. The molecule has 4 heteroatoms. The van der Waals surface area contributed by atoms with Crippen LogP contribution >= 0.6 is 0 Å². The fraction of sp³-hybridized carbons (Fsp3) is 0.214. The number of aryl methyl sites for hydroxylation is 3. The molecule has 0 atom stereocenters. The Bertz CT molecular complexity index is 713. The molecule has 3 aromatic rings. The second-order valence-electron chi connectivity index (χ2n) is 4.47. The van der Waals surface area contributed by atoms with Crippen LogP contribution in [-0.2, 0) is 0 Å². The van der Waals surface area contributed by atoms with Crippen molar-refractivity contribution in [3.63, 3.8) is 0 Å². The van der Waals surface area contributed by atoms with Gasteiger partial charge in [-0.25, -0.2) is 9.50 Å². The van der Waals surface area contributed by atoms with E-state index < -0.39 is 0 Å². The summed E-state index contributed by atoms with van der Waals surface area (Å²) in [6.45, 7) is 6.06. The summed E-state index contributed by atoms with van der Waals surface area (Å²) >= 11 is 0. The van der Waals surface area contributed by atoms with E-state index in [0.717, 1.165) is 33.9 Å². The smallest absolute Gasteiger partial charge is 0.163 e. The van der Waals surface area contributed by atoms with Crippen molar-refractivity contribution in [1.82, 2.24) is 19.6 Å². The van der Waals surface area contributed by atoms with E-state index in [-0.39, 0.29) is 0 Å². The highest BCUT2D eigenvalue weighted by Gasteiger charge is 2.14. The summed E-state index contributed by atoms with van der Waals surface area (Å²) in [6, 6.07) is 6.02. The molecule has 0 radical (unpaired) electrons. The third-order valence-corrected chi connectivity index (χ3v) is 3.04. The second-order valence-corrected chi connectivity index (χ2v) is 4.47. The summed E-state index contributed by atoms with van der Waals surface area (Å²) in [5.74, 6) is 0. The van der Waals surface area contributed by atoms with Crippen LogP contribution in [-0.4, -0.2) is 19.6 Å². The lowest BCUT2D eigenvalue weighted by Gasteiger charge is -2.02. The molecule has 0 aliphatic heterocycles. The predicted octanol–water partition coefficient (Wildman–Crippen LogP) is 2.72. The van der Waals surface area contributed by atoms with Gasteiger partial charge in [0.15, 0.2) is 5.65 Å². The van der Waals surface area contributed by atoms with Crippen molar-refractivity contribution >= 4 is 5.65 Å². The minimum atomic E-state index is 0.913. The molecule has 0 aromatic carbocycles. The molecule has 0 aliphatic rings. The molecule has 0 aliphatic carbocycles. The summed E-state index contributed by atoms with van der Waals surface area (Å²) in [5.41, 5.74) is 6.20. The minimum Gasteiger partial charge on any atom is -0.265 e. The summed E-state index contributed by atoms with van der Waals surface area (Å²) in [4.78, 5) is 8.67. The van der Waals surface area contributed by atoms with E-state index in [1.807, 2.05) is 43.5 Å². The van der Waals surface area contributed by atoms with Crippen LogP contribution in [0.3, 0.4) is 0 Å². The minimum absolute atomic E-state index is 0.913. The van der Waals surface area contributed by atoms with E-state index in [1.54, 1.807) is 12.4 Å². The van der Waals surface area contributed by atoms with Crippen LogP contribution in [0, 0.1) is 20.8 Å². The van der Waals surface area contributed by atoms with Gasteiger partial charge >= 0.3 is 0 Å². The number of pyridine rings is 1. The van der Waals surface area contributed by atoms with Crippen molar-refractivity contribution in [2.45, 2.75) is 20.8 Å². The fourth-order valence-electron chi connectivity index (χ4n) is 2.28. The number of hydrogen-bond donors (Lipinski definition) is 0.